The number of aromatic nitrogens is 4. The third-order valence-electron chi connectivity index (χ3n) is 1.67. The molecular formula is C8H6N4. The summed E-state index contributed by atoms with van der Waals surface area (Å²) in [6.07, 6.45) is 8.36. The molecule has 0 amide bonds. The fourth-order valence-electron chi connectivity index (χ4n) is 1.08. The molecule has 0 aliphatic rings. The fourth-order valence-corrected chi connectivity index (χ4v) is 1.08. The second kappa shape index (κ2) is 2.31. The maximum atomic E-state index is 5.25. The normalized spacial score (nSPS) is 10.0. The van der Waals surface area contributed by atoms with Gasteiger partial charge in [-0.3, -0.25) is 4.68 Å². The first-order chi connectivity index (χ1) is 5.83. The average molecular weight is 158 g/mol. The van der Waals surface area contributed by atoms with Crippen LogP contribution in [0.1, 0.15) is 5.69 Å². The van der Waals surface area contributed by atoms with E-state index in [0.717, 1.165) is 11.0 Å². The van der Waals surface area contributed by atoms with Gasteiger partial charge < -0.3 is 0 Å². The van der Waals surface area contributed by atoms with Crippen LogP contribution in [0.3, 0.4) is 0 Å². The molecule has 0 saturated heterocycles. The minimum Gasteiger partial charge on any atom is -0.250 e. The van der Waals surface area contributed by atoms with Crippen molar-refractivity contribution in [1.29, 1.82) is 0 Å². The summed E-state index contributed by atoms with van der Waals surface area (Å²) in [5.74, 6) is 2.48. The Balaban J connectivity index is 2.92. The summed E-state index contributed by atoms with van der Waals surface area (Å²) >= 11 is 0. The lowest BCUT2D eigenvalue weighted by atomic mass is 10.3. The van der Waals surface area contributed by atoms with Gasteiger partial charge in [0.25, 0.3) is 0 Å². The maximum Gasteiger partial charge on any atom is 0.162 e. The van der Waals surface area contributed by atoms with E-state index in [1.165, 1.54) is 6.33 Å². The van der Waals surface area contributed by atoms with Gasteiger partial charge in [-0.1, -0.05) is 0 Å². The Morgan fingerprint density at radius 1 is 1.50 bits per heavy atom. The van der Waals surface area contributed by atoms with Crippen LogP contribution in [0.15, 0.2) is 12.5 Å². The summed E-state index contributed by atoms with van der Waals surface area (Å²) in [6, 6.07) is 0. The van der Waals surface area contributed by atoms with E-state index in [4.69, 9.17) is 6.42 Å². The van der Waals surface area contributed by atoms with Crippen LogP contribution < -0.4 is 0 Å². The standard InChI is InChI=1S/C8H6N4/c1-3-7-6-4-11-12(2)8(6)10-5-9-7/h1,4-5H,2H3. The Morgan fingerprint density at radius 2 is 2.33 bits per heavy atom. The lowest BCUT2D eigenvalue weighted by molar-refractivity contribution is 0.785. The van der Waals surface area contributed by atoms with Gasteiger partial charge in [0.05, 0.1) is 11.6 Å². The van der Waals surface area contributed by atoms with Gasteiger partial charge in [-0.15, -0.1) is 6.42 Å². The van der Waals surface area contributed by atoms with Crippen LogP contribution in [0.5, 0.6) is 0 Å². The van der Waals surface area contributed by atoms with Crippen molar-refractivity contribution < 1.29 is 0 Å². The predicted octanol–water partition coefficient (Wildman–Crippen LogP) is 0.345. The molecule has 0 saturated carbocycles. The van der Waals surface area contributed by atoms with Gasteiger partial charge in [-0.05, 0) is 5.92 Å². The Labute approximate surface area is 69.3 Å². The van der Waals surface area contributed by atoms with E-state index in [-0.39, 0.29) is 0 Å². The zero-order chi connectivity index (χ0) is 8.55. The number of aryl methyl sites for hydroxylation is 1. The topological polar surface area (TPSA) is 43.6 Å². The molecule has 0 unspecified atom stereocenters. The highest BCUT2D eigenvalue weighted by atomic mass is 15.3. The second-order valence-corrected chi connectivity index (χ2v) is 2.37. The molecular weight excluding hydrogens is 152 g/mol. The van der Waals surface area contributed by atoms with Crippen LogP contribution in [0, 0.1) is 12.3 Å². The van der Waals surface area contributed by atoms with E-state index < -0.39 is 0 Å². The van der Waals surface area contributed by atoms with E-state index in [0.29, 0.717) is 5.69 Å². The van der Waals surface area contributed by atoms with Crippen molar-refractivity contribution in [3.05, 3.63) is 18.2 Å². The molecule has 2 rings (SSSR count). The lowest BCUT2D eigenvalue weighted by Crippen LogP contribution is -1.93. The summed E-state index contributed by atoms with van der Waals surface area (Å²) in [5, 5.41) is 4.84. The molecule has 0 N–H and O–H groups in total. The second-order valence-electron chi connectivity index (χ2n) is 2.37. The third-order valence-corrected chi connectivity index (χ3v) is 1.67. The van der Waals surface area contributed by atoms with Gasteiger partial charge in [0, 0.05) is 7.05 Å². The molecule has 0 fully saturated rings. The number of nitrogens with zero attached hydrogens (tertiary/aromatic N) is 4. The summed E-state index contributed by atoms with van der Waals surface area (Å²) in [5.41, 5.74) is 1.35. The molecule has 2 heterocycles. The smallest absolute Gasteiger partial charge is 0.162 e. The fraction of sp³-hybridized carbons (Fsp3) is 0.125. The van der Waals surface area contributed by atoms with Crippen LogP contribution in [0.25, 0.3) is 11.0 Å². The number of rotatable bonds is 0. The van der Waals surface area contributed by atoms with Crippen LogP contribution >= 0.6 is 0 Å². The van der Waals surface area contributed by atoms with Gasteiger partial charge >= 0.3 is 0 Å². The van der Waals surface area contributed by atoms with Gasteiger partial charge in [-0.2, -0.15) is 5.10 Å². The zero-order valence-electron chi connectivity index (χ0n) is 6.52. The van der Waals surface area contributed by atoms with Crippen molar-refractivity contribution in [3.63, 3.8) is 0 Å². The molecule has 0 radical (unpaired) electrons. The predicted molar refractivity (Wildman–Crippen MR) is 44.2 cm³/mol. The Bertz CT molecular complexity index is 463. The molecule has 4 nitrogen and oxygen atoms in total. The quantitative estimate of drug-likeness (QED) is 0.519. The Kier molecular flexibility index (Phi) is 1.31. The summed E-state index contributed by atoms with van der Waals surface area (Å²) in [6.45, 7) is 0. The first kappa shape index (κ1) is 6.80. The molecule has 0 bridgehead atoms. The van der Waals surface area contributed by atoms with Crippen molar-refractivity contribution >= 4 is 11.0 Å². The number of fused-ring (bicyclic) bond motifs is 1. The van der Waals surface area contributed by atoms with Crippen LogP contribution in [0.2, 0.25) is 0 Å². The van der Waals surface area contributed by atoms with E-state index in [1.54, 1.807) is 10.9 Å². The zero-order valence-corrected chi connectivity index (χ0v) is 6.52. The number of terminal acetylenes is 1. The molecule has 58 valence electrons. The minimum atomic E-state index is 0.591. The number of hydrogen-bond acceptors (Lipinski definition) is 3. The van der Waals surface area contributed by atoms with Gasteiger partial charge in [0.2, 0.25) is 0 Å². The van der Waals surface area contributed by atoms with Crippen LogP contribution in [-0.2, 0) is 7.05 Å². The van der Waals surface area contributed by atoms with Gasteiger partial charge in [0.1, 0.15) is 12.0 Å². The van der Waals surface area contributed by atoms with Crippen molar-refractivity contribution in [2.24, 2.45) is 7.05 Å². The largest absolute Gasteiger partial charge is 0.250 e. The van der Waals surface area contributed by atoms with Crippen molar-refractivity contribution in [3.8, 4) is 12.3 Å². The van der Waals surface area contributed by atoms with Crippen molar-refractivity contribution in [1.82, 2.24) is 19.7 Å². The minimum absolute atomic E-state index is 0.591. The number of hydrogen-bond donors (Lipinski definition) is 0. The molecule has 0 atom stereocenters. The highest BCUT2D eigenvalue weighted by Gasteiger charge is 2.04. The molecule has 2 aromatic rings. The van der Waals surface area contributed by atoms with E-state index >= 15 is 0 Å². The highest BCUT2D eigenvalue weighted by Crippen LogP contribution is 2.11. The summed E-state index contributed by atoms with van der Waals surface area (Å²) < 4.78 is 1.66. The molecule has 0 aliphatic heterocycles. The molecule has 0 spiro atoms. The maximum absolute atomic E-state index is 5.25. The summed E-state index contributed by atoms with van der Waals surface area (Å²) in [7, 11) is 1.82. The third kappa shape index (κ3) is 0.768. The molecule has 0 aliphatic carbocycles. The van der Waals surface area contributed by atoms with Crippen LogP contribution in [0.4, 0.5) is 0 Å². The Morgan fingerprint density at radius 3 is 3.08 bits per heavy atom. The first-order valence-corrected chi connectivity index (χ1v) is 3.42. The monoisotopic (exact) mass is 158 g/mol. The SMILES string of the molecule is C#Cc1ncnc2c1cnn2C. The van der Waals surface area contributed by atoms with Crippen molar-refractivity contribution in [2.45, 2.75) is 0 Å². The summed E-state index contributed by atoms with van der Waals surface area (Å²) in [4.78, 5) is 7.98. The van der Waals surface area contributed by atoms with E-state index in [1.807, 2.05) is 7.05 Å². The van der Waals surface area contributed by atoms with Crippen LogP contribution in [-0.4, -0.2) is 19.7 Å². The van der Waals surface area contributed by atoms with E-state index in [9.17, 15) is 0 Å². The average Bonchev–Trinajstić information content (AvgIpc) is 2.48. The Hall–Kier alpha value is -1.89. The molecule has 2 aromatic heterocycles. The van der Waals surface area contributed by atoms with Gasteiger partial charge in [-0.25, -0.2) is 9.97 Å². The first-order valence-electron chi connectivity index (χ1n) is 3.42. The molecule has 12 heavy (non-hydrogen) atoms. The lowest BCUT2D eigenvalue weighted by Gasteiger charge is -1.92. The molecule has 4 heteroatoms. The van der Waals surface area contributed by atoms with E-state index in [2.05, 4.69) is 21.0 Å². The highest BCUT2D eigenvalue weighted by molar-refractivity contribution is 5.79. The molecule has 0 aromatic carbocycles. The van der Waals surface area contributed by atoms with Gasteiger partial charge in [0.15, 0.2) is 5.65 Å². The van der Waals surface area contributed by atoms with Crippen molar-refractivity contribution in [2.75, 3.05) is 0 Å².